The molecule has 1 heterocycles. The molecule has 7 heteroatoms. The second-order valence-corrected chi connectivity index (χ2v) is 5.73. The lowest BCUT2D eigenvalue weighted by Gasteiger charge is -2.06. The second-order valence-electron chi connectivity index (χ2n) is 4.68. The molecule has 0 atom stereocenters. The number of thiophene rings is 1. The summed E-state index contributed by atoms with van der Waals surface area (Å²) in [6.07, 6.45) is -3.11. The largest absolute Gasteiger partial charge is 0.397 e. The number of ketones is 1. The van der Waals surface area contributed by atoms with Gasteiger partial charge in [-0.25, -0.2) is 0 Å². The van der Waals surface area contributed by atoms with Crippen LogP contribution in [0.5, 0.6) is 0 Å². The van der Waals surface area contributed by atoms with Crippen molar-refractivity contribution in [2.45, 2.75) is 31.9 Å². The molecule has 19 heavy (non-hydrogen) atoms. The van der Waals surface area contributed by atoms with Crippen molar-refractivity contribution >= 4 is 27.8 Å². The van der Waals surface area contributed by atoms with E-state index in [1.807, 2.05) is 0 Å². The van der Waals surface area contributed by atoms with E-state index >= 15 is 0 Å². The second kappa shape index (κ2) is 5.40. The van der Waals surface area contributed by atoms with Gasteiger partial charge in [0, 0.05) is 18.9 Å². The van der Waals surface area contributed by atoms with Crippen LogP contribution in [0, 0.1) is 5.92 Å². The fourth-order valence-corrected chi connectivity index (χ4v) is 2.74. The summed E-state index contributed by atoms with van der Waals surface area (Å²) in [6, 6.07) is 1.62. The van der Waals surface area contributed by atoms with Gasteiger partial charge in [-0.2, -0.15) is 13.2 Å². The van der Waals surface area contributed by atoms with E-state index in [2.05, 4.69) is 5.32 Å². The van der Waals surface area contributed by atoms with E-state index in [1.165, 1.54) is 11.3 Å². The minimum absolute atomic E-state index is 0.00715. The number of anilines is 2. The lowest BCUT2D eigenvalue weighted by molar-refractivity contribution is -0.134. The minimum Gasteiger partial charge on any atom is -0.397 e. The number of halogens is 3. The smallest absolute Gasteiger partial charge is 0.389 e. The monoisotopic (exact) mass is 292 g/mol. The number of rotatable bonds is 6. The number of nitrogens with two attached hydrogens (primary N) is 1. The van der Waals surface area contributed by atoms with Crippen LogP contribution < -0.4 is 11.1 Å². The van der Waals surface area contributed by atoms with Crippen LogP contribution >= 0.6 is 11.3 Å². The highest BCUT2D eigenvalue weighted by atomic mass is 32.1. The molecule has 106 valence electrons. The summed E-state index contributed by atoms with van der Waals surface area (Å²) >= 11 is 1.23. The topological polar surface area (TPSA) is 55.1 Å². The number of nitrogen functional groups attached to an aromatic ring is 1. The SMILES string of the molecule is Nc1cc(NCCCC(F)(F)F)sc1C(=O)C1CC1. The number of alkyl halides is 3. The quantitative estimate of drug-likeness (QED) is 0.621. The van der Waals surface area contributed by atoms with Gasteiger partial charge in [0.2, 0.25) is 0 Å². The van der Waals surface area contributed by atoms with E-state index in [4.69, 9.17) is 5.73 Å². The first-order valence-corrected chi connectivity index (χ1v) is 6.92. The van der Waals surface area contributed by atoms with Crippen molar-refractivity contribution in [1.29, 1.82) is 0 Å². The molecule has 0 aromatic carbocycles. The normalized spacial score (nSPS) is 15.5. The van der Waals surface area contributed by atoms with Crippen molar-refractivity contribution in [3.05, 3.63) is 10.9 Å². The third-order valence-corrected chi connectivity index (χ3v) is 3.99. The maximum absolute atomic E-state index is 12.0. The zero-order valence-electron chi connectivity index (χ0n) is 10.2. The van der Waals surface area contributed by atoms with Gasteiger partial charge in [-0.3, -0.25) is 4.79 Å². The molecule has 3 N–H and O–H groups in total. The van der Waals surface area contributed by atoms with Gasteiger partial charge in [-0.05, 0) is 25.3 Å². The highest BCUT2D eigenvalue weighted by Gasteiger charge is 2.32. The molecule has 1 aliphatic rings. The predicted molar refractivity (Wildman–Crippen MR) is 69.6 cm³/mol. The fourth-order valence-electron chi connectivity index (χ4n) is 1.72. The molecule has 0 unspecified atom stereocenters. The fraction of sp³-hybridized carbons (Fsp3) is 0.583. The zero-order valence-corrected chi connectivity index (χ0v) is 11.0. The Kier molecular flexibility index (Phi) is 4.03. The number of carbonyl (C=O) groups is 1. The van der Waals surface area contributed by atoms with Crippen LogP contribution in [0.25, 0.3) is 0 Å². The predicted octanol–water partition coefficient (Wildman–Crippen LogP) is 3.68. The molecule has 1 aromatic rings. The maximum Gasteiger partial charge on any atom is 0.389 e. The molecule has 0 spiro atoms. The summed E-state index contributed by atoms with van der Waals surface area (Å²) in [6.45, 7) is 0.219. The van der Waals surface area contributed by atoms with Crippen LogP contribution in [0.1, 0.15) is 35.4 Å². The summed E-state index contributed by atoms with van der Waals surface area (Å²) in [5.74, 6) is 0.157. The summed E-state index contributed by atoms with van der Waals surface area (Å²) in [5.41, 5.74) is 6.17. The molecule has 0 bridgehead atoms. The van der Waals surface area contributed by atoms with Gasteiger partial charge in [0.25, 0.3) is 0 Å². The lowest BCUT2D eigenvalue weighted by atomic mass is 10.2. The molecular formula is C12H15F3N2OS. The molecule has 1 aliphatic carbocycles. The first-order valence-electron chi connectivity index (χ1n) is 6.11. The molecule has 0 aliphatic heterocycles. The molecule has 0 radical (unpaired) electrons. The molecule has 1 fully saturated rings. The van der Waals surface area contributed by atoms with Crippen LogP contribution in [0.2, 0.25) is 0 Å². The Labute approximate surface area is 113 Å². The highest BCUT2D eigenvalue weighted by molar-refractivity contribution is 7.18. The average Bonchev–Trinajstić information content (AvgIpc) is 3.07. The van der Waals surface area contributed by atoms with Gasteiger partial charge in [0.15, 0.2) is 5.78 Å². The van der Waals surface area contributed by atoms with Crippen molar-refractivity contribution in [2.24, 2.45) is 5.92 Å². The van der Waals surface area contributed by atoms with Crippen LogP contribution in [0.4, 0.5) is 23.9 Å². The molecular weight excluding hydrogens is 277 g/mol. The van der Waals surface area contributed by atoms with E-state index < -0.39 is 12.6 Å². The summed E-state index contributed by atoms with van der Waals surface area (Å²) < 4.78 is 35.9. The van der Waals surface area contributed by atoms with Crippen LogP contribution in [0.15, 0.2) is 6.07 Å². The average molecular weight is 292 g/mol. The Bertz CT molecular complexity index is 466. The van der Waals surface area contributed by atoms with Crippen molar-refractivity contribution in [3.8, 4) is 0 Å². The maximum atomic E-state index is 12.0. The zero-order chi connectivity index (χ0) is 14.0. The molecule has 0 saturated heterocycles. The van der Waals surface area contributed by atoms with Gasteiger partial charge >= 0.3 is 6.18 Å². The van der Waals surface area contributed by atoms with E-state index in [-0.39, 0.29) is 24.7 Å². The Hall–Kier alpha value is -1.24. The third kappa shape index (κ3) is 4.12. The third-order valence-electron chi connectivity index (χ3n) is 2.87. The molecule has 1 aromatic heterocycles. The molecule has 1 saturated carbocycles. The van der Waals surface area contributed by atoms with Gasteiger partial charge in [0.1, 0.15) is 0 Å². The molecule has 2 rings (SSSR count). The minimum atomic E-state index is -4.12. The first-order chi connectivity index (χ1) is 8.87. The van der Waals surface area contributed by atoms with E-state index in [1.54, 1.807) is 6.07 Å². The Morgan fingerprint density at radius 1 is 1.47 bits per heavy atom. The Balaban J connectivity index is 1.84. The number of carbonyl (C=O) groups excluding carboxylic acids is 1. The lowest BCUT2D eigenvalue weighted by Crippen LogP contribution is -2.10. The summed E-state index contributed by atoms with van der Waals surface area (Å²) in [4.78, 5) is 12.4. The number of hydrogen-bond donors (Lipinski definition) is 2. The van der Waals surface area contributed by atoms with E-state index in [0.29, 0.717) is 15.6 Å². The van der Waals surface area contributed by atoms with Crippen molar-refractivity contribution in [1.82, 2.24) is 0 Å². The summed E-state index contributed by atoms with van der Waals surface area (Å²) in [5, 5.41) is 3.54. The van der Waals surface area contributed by atoms with Crippen LogP contribution in [-0.4, -0.2) is 18.5 Å². The van der Waals surface area contributed by atoms with Crippen LogP contribution in [-0.2, 0) is 0 Å². The number of Topliss-reactive ketones (excluding diaryl/α,β-unsaturated/α-hetero) is 1. The van der Waals surface area contributed by atoms with Gasteiger partial charge in [-0.15, -0.1) is 11.3 Å². The van der Waals surface area contributed by atoms with Crippen molar-refractivity contribution in [3.63, 3.8) is 0 Å². The standard InChI is InChI=1S/C12H15F3N2OS/c13-12(14,15)4-1-5-17-9-6-8(16)11(19-9)10(18)7-2-3-7/h6-7,17H,1-5,16H2. The summed E-state index contributed by atoms with van der Waals surface area (Å²) in [7, 11) is 0. The van der Waals surface area contributed by atoms with Crippen LogP contribution in [0.3, 0.4) is 0 Å². The van der Waals surface area contributed by atoms with Crippen molar-refractivity contribution in [2.75, 3.05) is 17.6 Å². The first kappa shape index (κ1) is 14.2. The van der Waals surface area contributed by atoms with E-state index in [9.17, 15) is 18.0 Å². The van der Waals surface area contributed by atoms with E-state index in [0.717, 1.165) is 12.8 Å². The van der Waals surface area contributed by atoms with Crippen molar-refractivity contribution < 1.29 is 18.0 Å². The van der Waals surface area contributed by atoms with Gasteiger partial charge in [-0.1, -0.05) is 0 Å². The Morgan fingerprint density at radius 2 is 2.16 bits per heavy atom. The van der Waals surface area contributed by atoms with Gasteiger partial charge < -0.3 is 11.1 Å². The van der Waals surface area contributed by atoms with Gasteiger partial charge in [0.05, 0.1) is 15.6 Å². The number of hydrogen-bond acceptors (Lipinski definition) is 4. The Morgan fingerprint density at radius 3 is 2.74 bits per heavy atom. The number of nitrogens with one attached hydrogen (secondary N) is 1. The molecule has 0 amide bonds. The molecule has 3 nitrogen and oxygen atoms in total. The highest BCUT2D eigenvalue weighted by Crippen LogP contribution is 2.38.